The molecule has 0 spiro atoms. The van der Waals surface area contributed by atoms with Gasteiger partial charge in [0.05, 0.1) is 5.54 Å². The lowest BCUT2D eigenvalue weighted by Gasteiger charge is -2.33. The van der Waals surface area contributed by atoms with Gasteiger partial charge in [0.25, 0.3) is 0 Å². The van der Waals surface area contributed by atoms with E-state index in [1.165, 1.54) is 0 Å². The maximum Gasteiger partial charge on any atom is 0.397 e. The Balaban J connectivity index is 0. The van der Waals surface area contributed by atoms with Gasteiger partial charge in [0, 0.05) is 6.54 Å². The predicted molar refractivity (Wildman–Crippen MR) is 58.4 cm³/mol. The summed E-state index contributed by atoms with van der Waals surface area (Å²) in [5, 5.41) is 2.32. The number of halogens is 4. The summed E-state index contributed by atoms with van der Waals surface area (Å²) in [4.78, 5) is 11.1. The number of nitrogens with two attached hydrogens (primary N) is 1. The molecule has 1 amide bonds. The molecule has 0 aliphatic heterocycles. The highest BCUT2D eigenvalue weighted by molar-refractivity contribution is 5.85. The van der Waals surface area contributed by atoms with E-state index in [2.05, 4.69) is 5.32 Å². The Morgan fingerprint density at radius 1 is 1.38 bits per heavy atom. The monoisotopic (exact) mass is 262 g/mol. The largest absolute Gasteiger partial charge is 0.397 e. The summed E-state index contributed by atoms with van der Waals surface area (Å²) in [6, 6.07) is 0. The summed E-state index contributed by atoms with van der Waals surface area (Å²) >= 11 is 0. The van der Waals surface area contributed by atoms with Gasteiger partial charge in [0.1, 0.15) is 6.42 Å². The number of hydrogen-bond acceptors (Lipinski definition) is 2. The van der Waals surface area contributed by atoms with Crippen LogP contribution in [0.25, 0.3) is 0 Å². The summed E-state index contributed by atoms with van der Waals surface area (Å²) in [6.07, 6.45) is -5.94. The second-order valence-corrected chi connectivity index (χ2v) is 4.12. The van der Waals surface area contributed by atoms with Gasteiger partial charge in [0.15, 0.2) is 0 Å². The Kier molecular flexibility index (Phi) is 7.04. The number of carbonyl (C=O) groups is 1. The molecule has 3 N–H and O–H groups in total. The molecule has 0 saturated carbocycles. The standard InChI is InChI=1S/C9H17F3N2O.ClH/c1-6(2)8(3,5-13)14-7(15)4-9(10,11)12;/h6H,4-5,13H2,1-3H3,(H,14,15);1H. The zero-order chi connectivity index (χ0) is 12.3. The summed E-state index contributed by atoms with van der Waals surface area (Å²) in [6.45, 7) is 5.32. The van der Waals surface area contributed by atoms with Crippen LogP contribution in [0.3, 0.4) is 0 Å². The molecule has 0 aromatic heterocycles. The van der Waals surface area contributed by atoms with E-state index >= 15 is 0 Å². The van der Waals surface area contributed by atoms with Gasteiger partial charge in [-0.05, 0) is 12.8 Å². The van der Waals surface area contributed by atoms with Crippen molar-refractivity contribution in [1.82, 2.24) is 5.32 Å². The third-order valence-electron chi connectivity index (χ3n) is 2.48. The molecular formula is C9H18ClF3N2O. The first-order chi connectivity index (χ1) is 6.60. The van der Waals surface area contributed by atoms with Crippen LogP contribution in [0.15, 0.2) is 0 Å². The lowest BCUT2D eigenvalue weighted by molar-refractivity contribution is -0.155. The van der Waals surface area contributed by atoms with Crippen molar-refractivity contribution in [2.45, 2.75) is 38.9 Å². The topological polar surface area (TPSA) is 55.1 Å². The minimum absolute atomic E-state index is 0. The first-order valence-electron chi connectivity index (χ1n) is 4.68. The van der Waals surface area contributed by atoms with E-state index in [9.17, 15) is 18.0 Å². The average molecular weight is 263 g/mol. The van der Waals surface area contributed by atoms with Gasteiger partial charge in [-0.2, -0.15) is 13.2 Å². The molecule has 1 unspecified atom stereocenters. The maximum atomic E-state index is 11.9. The molecule has 0 saturated heterocycles. The SMILES string of the molecule is CC(C)C(C)(CN)NC(=O)CC(F)(F)F.Cl. The molecule has 0 bridgehead atoms. The molecule has 0 aromatic carbocycles. The van der Waals surface area contributed by atoms with Crippen molar-refractivity contribution >= 4 is 18.3 Å². The van der Waals surface area contributed by atoms with E-state index in [-0.39, 0.29) is 24.9 Å². The summed E-state index contributed by atoms with van der Waals surface area (Å²) in [5.41, 5.74) is 4.63. The highest BCUT2D eigenvalue weighted by atomic mass is 35.5. The fraction of sp³-hybridized carbons (Fsp3) is 0.889. The molecule has 0 aromatic rings. The highest BCUT2D eigenvalue weighted by Crippen LogP contribution is 2.21. The lowest BCUT2D eigenvalue weighted by atomic mass is 9.88. The van der Waals surface area contributed by atoms with Gasteiger partial charge in [-0.3, -0.25) is 4.79 Å². The van der Waals surface area contributed by atoms with E-state index in [1.807, 2.05) is 0 Å². The lowest BCUT2D eigenvalue weighted by Crippen LogP contribution is -2.55. The van der Waals surface area contributed by atoms with Crippen LogP contribution in [0, 0.1) is 5.92 Å². The fourth-order valence-electron chi connectivity index (χ4n) is 0.976. The molecule has 0 aliphatic rings. The van der Waals surface area contributed by atoms with Crippen molar-refractivity contribution < 1.29 is 18.0 Å². The second-order valence-electron chi connectivity index (χ2n) is 4.12. The van der Waals surface area contributed by atoms with Gasteiger partial charge < -0.3 is 11.1 Å². The molecule has 0 aliphatic carbocycles. The Morgan fingerprint density at radius 3 is 2.06 bits per heavy atom. The minimum atomic E-state index is -4.48. The molecule has 98 valence electrons. The quantitative estimate of drug-likeness (QED) is 0.812. The van der Waals surface area contributed by atoms with E-state index < -0.39 is 24.0 Å². The van der Waals surface area contributed by atoms with Crippen LogP contribution in [0.2, 0.25) is 0 Å². The van der Waals surface area contributed by atoms with Crippen molar-refractivity contribution in [2.75, 3.05) is 6.54 Å². The van der Waals surface area contributed by atoms with Crippen LogP contribution in [-0.4, -0.2) is 24.2 Å². The summed E-state index contributed by atoms with van der Waals surface area (Å²) < 4.78 is 35.7. The molecule has 7 heteroatoms. The van der Waals surface area contributed by atoms with E-state index in [4.69, 9.17) is 5.73 Å². The number of alkyl halides is 3. The van der Waals surface area contributed by atoms with Gasteiger partial charge in [-0.1, -0.05) is 13.8 Å². The van der Waals surface area contributed by atoms with Gasteiger partial charge in [-0.15, -0.1) is 12.4 Å². The van der Waals surface area contributed by atoms with Crippen LogP contribution in [0.4, 0.5) is 13.2 Å². The van der Waals surface area contributed by atoms with E-state index in [0.29, 0.717) is 0 Å². The van der Waals surface area contributed by atoms with Crippen LogP contribution in [0.5, 0.6) is 0 Å². The zero-order valence-electron chi connectivity index (χ0n) is 9.52. The van der Waals surface area contributed by atoms with E-state index in [1.54, 1.807) is 20.8 Å². The normalized spacial score (nSPS) is 15.2. The molecular weight excluding hydrogens is 245 g/mol. The summed E-state index contributed by atoms with van der Waals surface area (Å²) in [5.74, 6) is -1.07. The Labute approximate surface area is 99.4 Å². The Hall–Kier alpha value is -0.490. The molecule has 0 rings (SSSR count). The maximum absolute atomic E-state index is 11.9. The summed E-state index contributed by atoms with van der Waals surface area (Å²) in [7, 11) is 0. The van der Waals surface area contributed by atoms with Crippen molar-refractivity contribution in [1.29, 1.82) is 0 Å². The Bertz CT molecular complexity index is 233. The van der Waals surface area contributed by atoms with Crippen molar-refractivity contribution in [3.63, 3.8) is 0 Å². The number of amides is 1. The minimum Gasteiger partial charge on any atom is -0.349 e. The third kappa shape index (κ3) is 6.17. The third-order valence-corrected chi connectivity index (χ3v) is 2.48. The highest BCUT2D eigenvalue weighted by Gasteiger charge is 2.35. The number of rotatable bonds is 4. The average Bonchev–Trinajstić information content (AvgIpc) is 1.99. The predicted octanol–water partition coefficient (Wildman–Crippen LogP) is 1.85. The van der Waals surface area contributed by atoms with Gasteiger partial charge in [-0.25, -0.2) is 0 Å². The zero-order valence-corrected chi connectivity index (χ0v) is 10.3. The fourth-order valence-corrected chi connectivity index (χ4v) is 0.976. The van der Waals surface area contributed by atoms with Crippen molar-refractivity contribution in [3.8, 4) is 0 Å². The van der Waals surface area contributed by atoms with Crippen molar-refractivity contribution in [2.24, 2.45) is 11.7 Å². The smallest absolute Gasteiger partial charge is 0.349 e. The molecule has 0 fully saturated rings. The van der Waals surface area contributed by atoms with E-state index in [0.717, 1.165) is 0 Å². The molecule has 16 heavy (non-hydrogen) atoms. The molecule has 0 radical (unpaired) electrons. The molecule has 3 nitrogen and oxygen atoms in total. The molecule has 0 heterocycles. The number of carbonyl (C=O) groups excluding carboxylic acids is 1. The number of nitrogens with one attached hydrogen (secondary N) is 1. The number of hydrogen-bond donors (Lipinski definition) is 2. The Morgan fingerprint density at radius 2 is 1.81 bits per heavy atom. The van der Waals surface area contributed by atoms with Crippen molar-refractivity contribution in [3.05, 3.63) is 0 Å². The first kappa shape index (κ1) is 17.9. The second kappa shape index (κ2) is 6.30. The first-order valence-corrected chi connectivity index (χ1v) is 4.68. The van der Waals surface area contributed by atoms with Crippen LogP contribution >= 0.6 is 12.4 Å². The van der Waals surface area contributed by atoms with Crippen LogP contribution in [-0.2, 0) is 4.79 Å². The molecule has 1 atom stereocenters. The van der Waals surface area contributed by atoms with Gasteiger partial charge in [0.2, 0.25) is 5.91 Å². The van der Waals surface area contributed by atoms with Gasteiger partial charge >= 0.3 is 6.18 Å². The van der Waals surface area contributed by atoms with Crippen LogP contribution in [0.1, 0.15) is 27.2 Å². The van der Waals surface area contributed by atoms with Crippen LogP contribution < -0.4 is 11.1 Å².